The van der Waals surface area contributed by atoms with Gasteiger partial charge in [-0.3, -0.25) is 0 Å². The lowest BCUT2D eigenvalue weighted by Gasteiger charge is -2.07. The second-order valence-corrected chi connectivity index (χ2v) is 4.27. The predicted molar refractivity (Wildman–Crippen MR) is 69.9 cm³/mol. The minimum absolute atomic E-state index is 0.0425. The summed E-state index contributed by atoms with van der Waals surface area (Å²) in [6.45, 7) is 2.53. The van der Waals surface area contributed by atoms with Crippen LogP contribution in [0.5, 0.6) is 0 Å². The first-order chi connectivity index (χ1) is 9.95. The Kier molecular flexibility index (Phi) is 4.12. The van der Waals surface area contributed by atoms with Gasteiger partial charge >= 0.3 is 6.18 Å². The molecule has 1 aromatic heterocycles. The molecule has 0 aliphatic carbocycles. The molecule has 2 aromatic rings. The maximum absolute atomic E-state index is 12.7. The summed E-state index contributed by atoms with van der Waals surface area (Å²) in [5.41, 5.74) is -0.606. The second kappa shape index (κ2) is 5.83. The van der Waals surface area contributed by atoms with Gasteiger partial charge in [0.15, 0.2) is 5.82 Å². The van der Waals surface area contributed by atoms with Crippen LogP contribution in [0.1, 0.15) is 24.6 Å². The van der Waals surface area contributed by atoms with E-state index in [1.165, 1.54) is 12.1 Å². The molecule has 0 aliphatic heterocycles. The molecule has 8 heteroatoms. The maximum atomic E-state index is 12.7. The molecule has 1 aromatic carbocycles. The first-order valence-corrected chi connectivity index (χ1v) is 6.24. The topological polar surface area (TPSA) is 66.5 Å². The predicted octanol–water partition coefficient (Wildman–Crippen LogP) is 2.98. The van der Waals surface area contributed by atoms with Gasteiger partial charge < -0.3 is 5.32 Å². The molecule has 0 amide bonds. The number of nitrogens with zero attached hydrogens (tertiary/aromatic N) is 4. The largest absolute Gasteiger partial charge is 0.416 e. The van der Waals surface area contributed by atoms with Gasteiger partial charge in [0.1, 0.15) is 6.07 Å². The van der Waals surface area contributed by atoms with Crippen LogP contribution in [0.2, 0.25) is 0 Å². The summed E-state index contributed by atoms with van der Waals surface area (Å²) >= 11 is 0. The van der Waals surface area contributed by atoms with Crippen molar-refractivity contribution < 1.29 is 13.2 Å². The summed E-state index contributed by atoms with van der Waals surface area (Å²) in [6, 6.07) is 6.48. The van der Waals surface area contributed by atoms with Crippen LogP contribution in [0.3, 0.4) is 0 Å². The number of hydrogen-bond acceptors (Lipinski definition) is 4. The van der Waals surface area contributed by atoms with Gasteiger partial charge in [0, 0.05) is 6.54 Å². The van der Waals surface area contributed by atoms with E-state index in [4.69, 9.17) is 5.26 Å². The Balaban J connectivity index is 2.39. The Morgan fingerprint density at radius 3 is 2.71 bits per heavy atom. The first-order valence-electron chi connectivity index (χ1n) is 6.24. The highest BCUT2D eigenvalue weighted by Crippen LogP contribution is 2.30. The van der Waals surface area contributed by atoms with Gasteiger partial charge in [-0.2, -0.15) is 18.4 Å². The molecule has 0 atom stereocenters. The number of nitrogens with one attached hydrogen (secondary N) is 1. The summed E-state index contributed by atoms with van der Waals surface area (Å²) in [5, 5.41) is 19.8. The third-order valence-corrected chi connectivity index (χ3v) is 2.67. The molecule has 0 saturated heterocycles. The van der Waals surface area contributed by atoms with Crippen molar-refractivity contribution >= 4 is 5.82 Å². The Labute approximate surface area is 119 Å². The van der Waals surface area contributed by atoms with Crippen molar-refractivity contribution in [2.75, 3.05) is 11.9 Å². The second-order valence-electron chi connectivity index (χ2n) is 4.27. The monoisotopic (exact) mass is 295 g/mol. The quantitative estimate of drug-likeness (QED) is 0.941. The van der Waals surface area contributed by atoms with E-state index in [-0.39, 0.29) is 17.2 Å². The van der Waals surface area contributed by atoms with Crippen molar-refractivity contribution in [3.8, 4) is 11.8 Å². The van der Waals surface area contributed by atoms with Crippen molar-refractivity contribution in [3.63, 3.8) is 0 Å². The van der Waals surface area contributed by atoms with Gasteiger partial charge in [-0.25, -0.2) is 0 Å². The summed E-state index contributed by atoms with van der Waals surface area (Å²) in [4.78, 5) is 1.02. The third-order valence-electron chi connectivity index (χ3n) is 2.67. The number of aromatic nitrogens is 3. The maximum Gasteiger partial charge on any atom is 0.416 e. The lowest BCUT2D eigenvalue weighted by atomic mass is 10.2. The van der Waals surface area contributed by atoms with Crippen LogP contribution in [0.15, 0.2) is 24.3 Å². The zero-order valence-electron chi connectivity index (χ0n) is 11.1. The fourth-order valence-corrected chi connectivity index (χ4v) is 1.67. The molecule has 0 bridgehead atoms. The Morgan fingerprint density at radius 1 is 1.33 bits per heavy atom. The number of alkyl halides is 3. The van der Waals surface area contributed by atoms with E-state index >= 15 is 0 Å². The highest BCUT2D eigenvalue weighted by molar-refractivity contribution is 5.48. The van der Waals surface area contributed by atoms with E-state index in [1.54, 1.807) is 0 Å². The SMILES string of the molecule is CCCNc1nn(-c2cccc(C(F)(F)F)c2)nc1C#N. The van der Waals surface area contributed by atoms with Crippen LogP contribution in [-0.2, 0) is 6.18 Å². The van der Waals surface area contributed by atoms with E-state index in [9.17, 15) is 13.2 Å². The minimum Gasteiger partial charge on any atom is -0.366 e. The van der Waals surface area contributed by atoms with Crippen molar-refractivity contribution in [1.82, 2.24) is 15.0 Å². The molecule has 5 nitrogen and oxygen atoms in total. The highest BCUT2D eigenvalue weighted by atomic mass is 19.4. The molecular weight excluding hydrogens is 283 g/mol. The van der Waals surface area contributed by atoms with E-state index in [0.717, 1.165) is 23.4 Å². The van der Waals surface area contributed by atoms with Crippen LogP contribution in [0.25, 0.3) is 5.69 Å². The van der Waals surface area contributed by atoms with Gasteiger partial charge in [-0.05, 0) is 24.6 Å². The average molecular weight is 295 g/mol. The molecule has 2 rings (SSSR count). The van der Waals surface area contributed by atoms with Crippen LogP contribution in [-0.4, -0.2) is 21.5 Å². The van der Waals surface area contributed by atoms with Crippen LogP contribution < -0.4 is 5.32 Å². The summed E-state index contributed by atoms with van der Waals surface area (Å²) in [5.74, 6) is 0.261. The van der Waals surface area contributed by atoms with Crippen molar-refractivity contribution in [2.45, 2.75) is 19.5 Å². The van der Waals surface area contributed by atoms with E-state index in [0.29, 0.717) is 6.54 Å². The summed E-state index contributed by atoms with van der Waals surface area (Å²) < 4.78 is 38.1. The standard InChI is InChI=1S/C13H12F3N5/c1-2-6-18-12-11(8-17)19-21(20-12)10-5-3-4-9(7-10)13(14,15)16/h3-5,7H,2,6H2,1H3,(H,18,20). The van der Waals surface area contributed by atoms with Gasteiger partial charge in [0.05, 0.1) is 11.3 Å². The molecule has 1 heterocycles. The smallest absolute Gasteiger partial charge is 0.366 e. The lowest BCUT2D eigenvalue weighted by Crippen LogP contribution is -2.07. The van der Waals surface area contributed by atoms with Gasteiger partial charge in [0.25, 0.3) is 0 Å². The average Bonchev–Trinajstić information content (AvgIpc) is 2.87. The number of nitriles is 1. The summed E-state index contributed by atoms with van der Waals surface area (Å²) in [6.07, 6.45) is -3.62. The first kappa shape index (κ1) is 14.8. The number of halogens is 3. The molecule has 21 heavy (non-hydrogen) atoms. The molecule has 1 N–H and O–H groups in total. The third kappa shape index (κ3) is 3.31. The van der Waals surface area contributed by atoms with E-state index in [1.807, 2.05) is 13.0 Å². The Hall–Kier alpha value is -2.56. The molecule has 0 fully saturated rings. The van der Waals surface area contributed by atoms with Crippen LogP contribution in [0, 0.1) is 11.3 Å². The normalized spacial score (nSPS) is 11.2. The molecule has 0 aliphatic rings. The van der Waals surface area contributed by atoms with Crippen molar-refractivity contribution in [1.29, 1.82) is 5.26 Å². The Bertz CT molecular complexity index is 669. The molecule has 0 saturated carbocycles. The fraction of sp³-hybridized carbons (Fsp3) is 0.308. The molecule has 110 valence electrons. The van der Waals surface area contributed by atoms with Gasteiger partial charge in [0.2, 0.25) is 5.69 Å². The van der Waals surface area contributed by atoms with Crippen LogP contribution in [0.4, 0.5) is 19.0 Å². The number of anilines is 1. The molecule has 0 radical (unpaired) electrons. The zero-order valence-corrected chi connectivity index (χ0v) is 11.1. The van der Waals surface area contributed by atoms with E-state index in [2.05, 4.69) is 15.5 Å². The van der Waals surface area contributed by atoms with Gasteiger partial charge in [-0.15, -0.1) is 15.0 Å². The number of rotatable bonds is 4. The molecule has 0 unspecified atom stereocenters. The van der Waals surface area contributed by atoms with E-state index < -0.39 is 11.7 Å². The van der Waals surface area contributed by atoms with Crippen LogP contribution >= 0.6 is 0 Å². The molecular formula is C13H12F3N5. The summed E-state index contributed by atoms with van der Waals surface area (Å²) in [7, 11) is 0. The zero-order chi connectivity index (χ0) is 15.5. The lowest BCUT2D eigenvalue weighted by molar-refractivity contribution is -0.137. The highest BCUT2D eigenvalue weighted by Gasteiger charge is 2.30. The van der Waals surface area contributed by atoms with Crippen molar-refractivity contribution in [2.24, 2.45) is 0 Å². The number of benzene rings is 1. The molecule has 0 spiro atoms. The minimum atomic E-state index is -4.44. The fourth-order valence-electron chi connectivity index (χ4n) is 1.67. The van der Waals surface area contributed by atoms with Crippen molar-refractivity contribution in [3.05, 3.63) is 35.5 Å². The van der Waals surface area contributed by atoms with Gasteiger partial charge in [-0.1, -0.05) is 13.0 Å². The Morgan fingerprint density at radius 2 is 2.10 bits per heavy atom. The number of hydrogen-bond donors (Lipinski definition) is 1.